The van der Waals surface area contributed by atoms with E-state index in [-0.39, 0.29) is 11.7 Å². The van der Waals surface area contributed by atoms with Crippen LogP contribution in [0.5, 0.6) is 0 Å². The Bertz CT molecular complexity index is 583. The molecule has 1 N–H and O–H groups in total. The summed E-state index contributed by atoms with van der Waals surface area (Å²) in [4.78, 5) is 17.6. The Morgan fingerprint density at radius 1 is 1.32 bits per heavy atom. The van der Waals surface area contributed by atoms with Gasteiger partial charge in [0.15, 0.2) is 5.78 Å². The van der Waals surface area contributed by atoms with Gasteiger partial charge in [-0.05, 0) is 24.6 Å². The third-order valence-electron chi connectivity index (χ3n) is 3.56. The molecule has 3 nitrogen and oxygen atoms in total. The average molecular weight is 258 g/mol. The highest BCUT2D eigenvalue weighted by molar-refractivity contribution is 6.01. The summed E-state index contributed by atoms with van der Waals surface area (Å²) in [5, 5.41) is 1.10. The third-order valence-corrected chi connectivity index (χ3v) is 3.56. The van der Waals surface area contributed by atoms with E-state index in [9.17, 15) is 4.79 Å². The summed E-state index contributed by atoms with van der Waals surface area (Å²) >= 11 is 0. The summed E-state index contributed by atoms with van der Waals surface area (Å²) < 4.78 is 0. The minimum atomic E-state index is 0.0892. The number of rotatable bonds is 5. The SMILES string of the molecule is CCCC(C)C(=O)c1cc2ccc(N(C)C)cc2[nH]1. The van der Waals surface area contributed by atoms with Crippen LogP contribution in [0.15, 0.2) is 24.3 Å². The zero-order valence-corrected chi connectivity index (χ0v) is 12.2. The van der Waals surface area contributed by atoms with Gasteiger partial charge in [-0.3, -0.25) is 4.79 Å². The molecule has 19 heavy (non-hydrogen) atoms. The lowest BCUT2D eigenvalue weighted by Gasteiger charge is -2.11. The number of aromatic nitrogens is 1. The molecular formula is C16H22N2O. The first kappa shape index (κ1) is 13.7. The summed E-state index contributed by atoms with van der Waals surface area (Å²) in [6, 6.07) is 8.17. The normalized spacial score (nSPS) is 12.6. The Kier molecular flexibility index (Phi) is 3.93. The van der Waals surface area contributed by atoms with Gasteiger partial charge in [-0.25, -0.2) is 0 Å². The van der Waals surface area contributed by atoms with E-state index >= 15 is 0 Å². The molecule has 0 aliphatic heterocycles. The minimum Gasteiger partial charge on any atom is -0.378 e. The predicted molar refractivity (Wildman–Crippen MR) is 81.0 cm³/mol. The van der Waals surface area contributed by atoms with Gasteiger partial charge >= 0.3 is 0 Å². The Labute approximate surface area is 114 Å². The highest BCUT2D eigenvalue weighted by Gasteiger charge is 2.16. The molecule has 0 saturated carbocycles. The summed E-state index contributed by atoms with van der Waals surface area (Å²) in [5.41, 5.74) is 2.89. The number of ketones is 1. The fourth-order valence-corrected chi connectivity index (χ4v) is 2.36. The van der Waals surface area contributed by atoms with E-state index in [4.69, 9.17) is 0 Å². The first-order valence-corrected chi connectivity index (χ1v) is 6.87. The summed E-state index contributed by atoms with van der Waals surface area (Å²) in [7, 11) is 4.03. The number of Topliss-reactive ketones (excluding diaryl/α,β-unsaturated/α-hetero) is 1. The van der Waals surface area contributed by atoms with E-state index < -0.39 is 0 Å². The monoisotopic (exact) mass is 258 g/mol. The van der Waals surface area contributed by atoms with Crippen molar-refractivity contribution < 1.29 is 4.79 Å². The Morgan fingerprint density at radius 3 is 2.68 bits per heavy atom. The first-order chi connectivity index (χ1) is 9.02. The zero-order valence-electron chi connectivity index (χ0n) is 12.2. The largest absolute Gasteiger partial charge is 0.378 e. The van der Waals surface area contributed by atoms with Crippen molar-refractivity contribution in [3.63, 3.8) is 0 Å². The van der Waals surface area contributed by atoms with Crippen molar-refractivity contribution in [1.82, 2.24) is 4.98 Å². The number of benzene rings is 1. The second-order valence-corrected chi connectivity index (χ2v) is 5.40. The average Bonchev–Trinajstić information content (AvgIpc) is 2.80. The van der Waals surface area contributed by atoms with Gasteiger partial charge in [0, 0.05) is 36.6 Å². The number of nitrogens with one attached hydrogen (secondary N) is 1. The van der Waals surface area contributed by atoms with Crippen LogP contribution in [0, 0.1) is 5.92 Å². The zero-order chi connectivity index (χ0) is 14.0. The van der Waals surface area contributed by atoms with Gasteiger partial charge < -0.3 is 9.88 Å². The number of anilines is 1. The molecule has 2 rings (SSSR count). The van der Waals surface area contributed by atoms with Crippen molar-refractivity contribution in [3.05, 3.63) is 30.0 Å². The lowest BCUT2D eigenvalue weighted by Crippen LogP contribution is -2.11. The van der Waals surface area contributed by atoms with Crippen molar-refractivity contribution in [2.45, 2.75) is 26.7 Å². The van der Waals surface area contributed by atoms with Crippen LogP contribution in [0.3, 0.4) is 0 Å². The molecule has 0 bridgehead atoms. The molecule has 0 amide bonds. The number of fused-ring (bicyclic) bond motifs is 1. The van der Waals surface area contributed by atoms with Crippen molar-refractivity contribution in [2.75, 3.05) is 19.0 Å². The van der Waals surface area contributed by atoms with Gasteiger partial charge in [0.1, 0.15) is 0 Å². The maximum atomic E-state index is 12.3. The Balaban J connectivity index is 2.33. The van der Waals surface area contributed by atoms with E-state index in [0.29, 0.717) is 0 Å². The molecule has 0 saturated heterocycles. The van der Waals surface area contributed by atoms with Crippen LogP contribution >= 0.6 is 0 Å². The number of hydrogen-bond acceptors (Lipinski definition) is 2. The topological polar surface area (TPSA) is 36.1 Å². The van der Waals surface area contributed by atoms with Crippen LogP contribution < -0.4 is 4.90 Å². The summed E-state index contributed by atoms with van der Waals surface area (Å²) in [6.45, 7) is 4.11. The van der Waals surface area contributed by atoms with Gasteiger partial charge in [-0.2, -0.15) is 0 Å². The van der Waals surface area contributed by atoms with Gasteiger partial charge in [-0.1, -0.05) is 26.3 Å². The molecule has 1 unspecified atom stereocenters. The predicted octanol–water partition coefficient (Wildman–Crippen LogP) is 3.85. The quantitative estimate of drug-likeness (QED) is 0.827. The maximum Gasteiger partial charge on any atom is 0.181 e. The number of carbonyl (C=O) groups excluding carboxylic acids is 1. The summed E-state index contributed by atoms with van der Waals surface area (Å²) in [6.07, 6.45) is 1.98. The Morgan fingerprint density at radius 2 is 2.05 bits per heavy atom. The number of carbonyl (C=O) groups is 1. The first-order valence-electron chi connectivity index (χ1n) is 6.87. The molecule has 0 aliphatic rings. The second kappa shape index (κ2) is 5.47. The van der Waals surface area contributed by atoms with E-state index in [1.807, 2.05) is 27.1 Å². The van der Waals surface area contributed by atoms with Gasteiger partial charge in [-0.15, -0.1) is 0 Å². The smallest absolute Gasteiger partial charge is 0.181 e. The molecule has 0 fully saturated rings. The number of aromatic amines is 1. The van der Waals surface area contributed by atoms with Crippen LogP contribution in [-0.4, -0.2) is 24.9 Å². The molecule has 0 radical (unpaired) electrons. The van der Waals surface area contributed by atoms with Crippen molar-refractivity contribution in [3.8, 4) is 0 Å². The lowest BCUT2D eigenvalue weighted by atomic mass is 9.99. The van der Waals surface area contributed by atoms with E-state index in [1.165, 1.54) is 0 Å². The molecule has 1 aromatic heterocycles. The van der Waals surface area contributed by atoms with Crippen molar-refractivity contribution >= 4 is 22.4 Å². The molecule has 1 atom stereocenters. The number of H-pyrrole nitrogens is 1. The van der Waals surface area contributed by atoms with E-state index in [2.05, 4.69) is 35.0 Å². The molecule has 1 heterocycles. The summed E-state index contributed by atoms with van der Waals surface area (Å²) in [5.74, 6) is 0.302. The highest BCUT2D eigenvalue weighted by atomic mass is 16.1. The fraction of sp³-hybridized carbons (Fsp3) is 0.438. The number of nitrogens with zero attached hydrogens (tertiary/aromatic N) is 1. The molecule has 2 aromatic rings. The highest BCUT2D eigenvalue weighted by Crippen LogP contribution is 2.23. The van der Waals surface area contributed by atoms with Gasteiger partial charge in [0.25, 0.3) is 0 Å². The maximum absolute atomic E-state index is 12.3. The fourth-order valence-electron chi connectivity index (χ4n) is 2.36. The molecule has 1 aromatic carbocycles. The van der Waals surface area contributed by atoms with Crippen LogP contribution in [0.2, 0.25) is 0 Å². The number of hydrogen-bond donors (Lipinski definition) is 1. The molecule has 3 heteroatoms. The van der Waals surface area contributed by atoms with Crippen LogP contribution in [-0.2, 0) is 0 Å². The molecule has 0 spiro atoms. The van der Waals surface area contributed by atoms with Gasteiger partial charge in [0.2, 0.25) is 0 Å². The minimum absolute atomic E-state index is 0.0892. The standard InChI is InChI=1S/C16H22N2O/c1-5-6-11(2)16(19)15-9-12-7-8-13(18(3)4)10-14(12)17-15/h7-11,17H,5-6H2,1-4H3. The van der Waals surface area contributed by atoms with Gasteiger partial charge in [0.05, 0.1) is 5.69 Å². The Hall–Kier alpha value is -1.77. The lowest BCUT2D eigenvalue weighted by molar-refractivity contribution is 0.0919. The van der Waals surface area contributed by atoms with Crippen molar-refractivity contribution in [1.29, 1.82) is 0 Å². The molecule has 102 valence electrons. The second-order valence-electron chi connectivity index (χ2n) is 5.40. The molecular weight excluding hydrogens is 236 g/mol. The third kappa shape index (κ3) is 2.80. The van der Waals surface area contributed by atoms with Crippen LogP contribution in [0.25, 0.3) is 10.9 Å². The van der Waals surface area contributed by atoms with Crippen molar-refractivity contribution in [2.24, 2.45) is 5.92 Å². The van der Waals surface area contributed by atoms with Crippen LogP contribution in [0.1, 0.15) is 37.2 Å². The van der Waals surface area contributed by atoms with E-state index in [1.54, 1.807) is 0 Å². The van der Waals surface area contributed by atoms with Crippen LogP contribution in [0.4, 0.5) is 5.69 Å². The van der Waals surface area contributed by atoms with E-state index in [0.717, 1.165) is 35.1 Å². The molecule has 0 aliphatic carbocycles.